The molecule has 3 rings (SSSR count). The Morgan fingerprint density at radius 2 is 1.84 bits per heavy atom. The number of anilines is 1. The van der Waals surface area contributed by atoms with Crippen LogP contribution in [0.15, 0.2) is 48.5 Å². The van der Waals surface area contributed by atoms with E-state index in [2.05, 4.69) is 15.5 Å². The largest absolute Gasteiger partial charge is 0.397 e. The number of nitrogen functional groups attached to an aromatic ring is 1. The van der Waals surface area contributed by atoms with Crippen molar-refractivity contribution in [2.75, 3.05) is 5.73 Å². The van der Waals surface area contributed by atoms with E-state index in [1.165, 1.54) is 0 Å². The molecule has 0 amide bonds. The van der Waals surface area contributed by atoms with Crippen molar-refractivity contribution in [1.29, 1.82) is 0 Å². The van der Waals surface area contributed by atoms with Gasteiger partial charge in [0, 0.05) is 10.6 Å². The van der Waals surface area contributed by atoms with Crippen LogP contribution in [0.5, 0.6) is 0 Å². The highest BCUT2D eigenvalue weighted by Gasteiger charge is 2.12. The molecule has 0 saturated carbocycles. The Balaban J connectivity index is 2.15. The molecule has 2 N–H and O–H groups in total. The molecule has 6 heteroatoms. The minimum absolute atomic E-state index is 0.525. The summed E-state index contributed by atoms with van der Waals surface area (Å²) in [5.74, 6) is 0.634. The van der Waals surface area contributed by atoms with Crippen molar-refractivity contribution in [2.24, 2.45) is 0 Å². The summed E-state index contributed by atoms with van der Waals surface area (Å²) < 4.78 is 1.60. The van der Waals surface area contributed by atoms with Crippen molar-refractivity contribution in [3.05, 3.63) is 53.6 Å². The fourth-order valence-electron chi connectivity index (χ4n) is 1.83. The van der Waals surface area contributed by atoms with Crippen LogP contribution in [0.2, 0.25) is 5.02 Å². The fraction of sp³-hybridized carbons (Fsp3) is 0. The molecular formula is C13H10ClN5. The first-order valence-electron chi connectivity index (χ1n) is 5.65. The van der Waals surface area contributed by atoms with E-state index in [1.54, 1.807) is 22.9 Å². The summed E-state index contributed by atoms with van der Waals surface area (Å²) >= 11 is 5.89. The molecule has 0 unspecified atom stereocenters. The van der Waals surface area contributed by atoms with Gasteiger partial charge in [-0.15, -0.1) is 5.10 Å². The molecule has 3 aromatic rings. The van der Waals surface area contributed by atoms with Gasteiger partial charge in [-0.1, -0.05) is 41.9 Å². The number of halogens is 1. The Bertz CT molecular complexity index is 708. The SMILES string of the molecule is Nc1cc(Cl)ccc1-n1nnnc1-c1ccccc1. The third-order valence-electron chi connectivity index (χ3n) is 2.72. The van der Waals surface area contributed by atoms with E-state index >= 15 is 0 Å². The van der Waals surface area contributed by atoms with Gasteiger partial charge < -0.3 is 5.73 Å². The van der Waals surface area contributed by atoms with Crippen LogP contribution >= 0.6 is 11.6 Å². The third-order valence-corrected chi connectivity index (χ3v) is 2.95. The van der Waals surface area contributed by atoms with Crippen molar-refractivity contribution >= 4 is 17.3 Å². The minimum Gasteiger partial charge on any atom is -0.397 e. The van der Waals surface area contributed by atoms with Crippen molar-refractivity contribution in [3.8, 4) is 17.1 Å². The molecule has 0 atom stereocenters. The Morgan fingerprint density at radius 3 is 2.58 bits per heavy atom. The molecule has 1 heterocycles. The van der Waals surface area contributed by atoms with Crippen LogP contribution in [0.3, 0.4) is 0 Å². The monoisotopic (exact) mass is 271 g/mol. The van der Waals surface area contributed by atoms with E-state index in [1.807, 2.05) is 30.3 Å². The quantitative estimate of drug-likeness (QED) is 0.727. The summed E-state index contributed by atoms with van der Waals surface area (Å²) in [4.78, 5) is 0. The van der Waals surface area contributed by atoms with E-state index in [4.69, 9.17) is 17.3 Å². The topological polar surface area (TPSA) is 69.6 Å². The van der Waals surface area contributed by atoms with Crippen molar-refractivity contribution < 1.29 is 0 Å². The third kappa shape index (κ3) is 2.15. The van der Waals surface area contributed by atoms with Gasteiger partial charge in [0.15, 0.2) is 5.82 Å². The van der Waals surface area contributed by atoms with Crippen LogP contribution in [-0.2, 0) is 0 Å². The highest BCUT2D eigenvalue weighted by Crippen LogP contribution is 2.25. The fourth-order valence-corrected chi connectivity index (χ4v) is 2.02. The minimum atomic E-state index is 0.525. The smallest absolute Gasteiger partial charge is 0.187 e. The lowest BCUT2D eigenvalue weighted by atomic mass is 10.2. The van der Waals surface area contributed by atoms with Gasteiger partial charge in [0.05, 0.1) is 11.4 Å². The first kappa shape index (κ1) is 11.7. The maximum Gasteiger partial charge on any atom is 0.187 e. The van der Waals surface area contributed by atoms with Crippen LogP contribution in [0.1, 0.15) is 0 Å². The van der Waals surface area contributed by atoms with Gasteiger partial charge in [-0.3, -0.25) is 0 Å². The average Bonchev–Trinajstić information content (AvgIpc) is 2.89. The highest BCUT2D eigenvalue weighted by molar-refractivity contribution is 6.30. The number of benzene rings is 2. The summed E-state index contributed by atoms with van der Waals surface area (Å²) in [6.07, 6.45) is 0. The molecule has 0 bridgehead atoms. The number of hydrogen-bond acceptors (Lipinski definition) is 4. The number of nitrogens with zero attached hydrogens (tertiary/aromatic N) is 4. The van der Waals surface area contributed by atoms with E-state index in [9.17, 15) is 0 Å². The van der Waals surface area contributed by atoms with Crippen LogP contribution < -0.4 is 5.73 Å². The van der Waals surface area contributed by atoms with Crippen molar-refractivity contribution in [2.45, 2.75) is 0 Å². The molecule has 0 spiro atoms. The molecule has 0 saturated heterocycles. The zero-order valence-corrected chi connectivity index (χ0v) is 10.6. The highest BCUT2D eigenvalue weighted by atomic mass is 35.5. The van der Waals surface area contributed by atoms with Crippen LogP contribution in [-0.4, -0.2) is 20.2 Å². The van der Waals surface area contributed by atoms with Gasteiger partial charge in [-0.2, -0.15) is 4.68 Å². The molecule has 0 aliphatic rings. The van der Waals surface area contributed by atoms with Crippen molar-refractivity contribution in [3.63, 3.8) is 0 Å². The van der Waals surface area contributed by atoms with E-state index in [-0.39, 0.29) is 0 Å². The van der Waals surface area contributed by atoms with E-state index < -0.39 is 0 Å². The predicted molar refractivity (Wildman–Crippen MR) is 74.0 cm³/mol. The Labute approximate surface area is 114 Å². The lowest BCUT2D eigenvalue weighted by Crippen LogP contribution is -2.03. The average molecular weight is 272 g/mol. The summed E-state index contributed by atoms with van der Waals surface area (Å²) in [5.41, 5.74) is 8.10. The molecule has 0 fully saturated rings. The number of tetrazole rings is 1. The maximum atomic E-state index is 5.96. The number of aromatic nitrogens is 4. The molecular weight excluding hydrogens is 262 g/mol. The molecule has 94 valence electrons. The van der Waals surface area contributed by atoms with Gasteiger partial charge in [-0.05, 0) is 28.6 Å². The van der Waals surface area contributed by atoms with Crippen LogP contribution in [0.4, 0.5) is 5.69 Å². The van der Waals surface area contributed by atoms with Gasteiger partial charge >= 0.3 is 0 Å². The van der Waals surface area contributed by atoms with Crippen molar-refractivity contribution in [1.82, 2.24) is 20.2 Å². The predicted octanol–water partition coefficient (Wildman–Crippen LogP) is 2.56. The summed E-state index contributed by atoms with van der Waals surface area (Å²) in [7, 11) is 0. The van der Waals surface area contributed by atoms with Crippen LogP contribution in [0, 0.1) is 0 Å². The first-order chi connectivity index (χ1) is 9.25. The second kappa shape index (κ2) is 4.70. The molecule has 1 aromatic heterocycles. The van der Waals surface area contributed by atoms with Gasteiger partial charge in [-0.25, -0.2) is 0 Å². The van der Waals surface area contributed by atoms with E-state index in [0.29, 0.717) is 22.2 Å². The second-order valence-electron chi connectivity index (χ2n) is 3.98. The lowest BCUT2D eigenvalue weighted by molar-refractivity contribution is 0.792. The zero-order chi connectivity index (χ0) is 13.2. The summed E-state index contributed by atoms with van der Waals surface area (Å²) in [5, 5.41) is 12.3. The summed E-state index contributed by atoms with van der Waals surface area (Å²) in [6.45, 7) is 0. The molecule has 0 aliphatic carbocycles. The number of rotatable bonds is 2. The summed E-state index contributed by atoms with van der Waals surface area (Å²) in [6, 6.07) is 14.9. The molecule has 5 nitrogen and oxygen atoms in total. The lowest BCUT2D eigenvalue weighted by Gasteiger charge is -2.07. The second-order valence-corrected chi connectivity index (χ2v) is 4.42. The van der Waals surface area contributed by atoms with Gasteiger partial charge in [0.1, 0.15) is 0 Å². The zero-order valence-electron chi connectivity index (χ0n) is 9.86. The Hall–Kier alpha value is -2.40. The number of hydrogen-bond donors (Lipinski definition) is 1. The maximum absolute atomic E-state index is 5.96. The normalized spacial score (nSPS) is 10.6. The van der Waals surface area contributed by atoms with Crippen LogP contribution in [0.25, 0.3) is 17.1 Å². The molecule has 19 heavy (non-hydrogen) atoms. The molecule has 0 radical (unpaired) electrons. The number of nitrogens with two attached hydrogens (primary N) is 1. The molecule has 0 aliphatic heterocycles. The Kier molecular flexibility index (Phi) is 2.89. The molecule has 2 aromatic carbocycles. The van der Waals surface area contributed by atoms with Gasteiger partial charge in [0.25, 0.3) is 0 Å². The van der Waals surface area contributed by atoms with E-state index in [0.717, 1.165) is 5.56 Å². The first-order valence-corrected chi connectivity index (χ1v) is 6.03. The standard InChI is InChI=1S/C13H10ClN5/c14-10-6-7-12(11(15)8-10)19-13(16-17-18-19)9-4-2-1-3-5-9/h1-8H,15H2. The van der Waals surface area contributed by atoms with Gasteiger partial charge in [0.2, 0.25) is 0 Å². The Morgan fingerprint density at radius 1 is 1.05 bits per heavy atom.